The first-order valence-corrected chi connectivity index (χ1v) is 8.34. The lowest BCUT2D eigenvalue weighted by Crippen LogP contribution is -2.38. The molecule has 3 rings (SSSR count). The van der Waals surface area contributed by atoms with Crippen LogP contribution in [0.3, 0.4) is 0 Å². The lowest BCUT2D eigenvalue weighted by molar-refractivity contribution is 0.142. The molecule has 1 saturated heterocycles. The van der Waals surface area contributed by atoms with Gasteiger partial charge in [0.15, 0.2) is 0 Å². The van der Waals surface area contributed by atoms with Crippen LogP contribution in [0.15, 0.2) is 47.1 Å². The maximum Gasteiger partial charge on any atom is 0.122 e. The molecule has 23 heavy (non-hydrogen) atoms. The quantitative estimate of drug-likeness (QED) is 0.888. The fourth-order valence-electron chi connectivity index (χ4n) is 3.22. The van der Waals surface area contributed by atoms with Gasteiger partial charge in [0, 0.05) is 13.1 Å². The summed E-state index contributed by atoms with van der Waals surface area (Å²) in [5.41, 5.74) is 1.85. The molecule has 1 aromatic carbocycles. The molecule has 1 fully saturated rings. The molecule has 2 aromatic rings. The van der Waals surface area contributed by atoms with Crippen molar-refractivity contribution in [3.05, 3.63) is 59.5 Å². The van der Waals surface area contributed by atoms with E-state index in [1.807, 2.05) is 24.3 Å². The van der Waals surface area contributed by atoms with Gasteiger partial charge in [-0.1, -0.05) is 18.6 Å². The summed E-state index contributed by atoms with van der Waals surface area (Å²) >= 11 is 0. The third-order valence-corrected chi connectivity index (χ3v) is 4.43. The Kier molecular flexibility index (Phi) is 5.46. The number of hydrogen-bond acceptors (Lipinski definition) is 4. The number of benzene rings is 1. The summed E-state index contributed by atoms with van der Waals surface area (Å²) in [6, 6.07) is 14.3. The van der Waals surface area contributed by atoms with Gasteiger partial charge in [0.2, 0.25) is 0 Å². The Hall–Kier alpha value is -2.09. The largest absolute Gasteiger partial charge is 0.468 e. The number of hydrogen-bond donors (Lipinski definition) is 1. The summed E-state index contributed by atoms with van der Waals surface area (Å²) < 4.78 is 5.66. The van der Waals surface area contributed by atoms with Crippen LogP contribution in [-0.2, 0) is 6.54 Å². The van der Waals surface area contributed by atoms with Crippen LogP contribution in [0.5, 0.6) is 0 Å². The van der Waals surface area contributed by atoms with E-state index in [2.05, 4.69) is 28.4 Å². The third kappa shape index (κ3) is 4.22. The van der Waals surface area contributed by atoms with E-state index in [1.165, 1.54) is 19.3 Å². The van der Waals surface area contributed by atoms with Gasteiger partial charge in [-0.3, -0.25) is 4.90 Å². The maximum atomic E-state index is 8.98. The molecular formula is C19H23N3O. The molecule has 1 aliphatic rings. The normalized spacial score (nSPS) is 16.8. The molecule has 0 saturated carbocycles. The molecule has 120 valence electrons. The van der Waals surface area contributed by atoms with Gasteiger partial charge in [-0.05, 0) is 55.8 Å². The van der Waals surface area contributed by atoms with Crippen LogP contribution in [0, 0.1) is 11.3 Å². The molecule has 1 aliphatic heterocycles. The topological polar surface area (TPSA) is 52.2 Å². The summed E-state index contributed by atoms with van der Waals surface area (Å²) in [6.45, 7) is 3.89. The predicted molar refractivity (Wildman–Crippen MR) is 89.7 cm³/mol. The van der Waals surface area contributed by atoms with Crippen LogP contribution >= 0.6 is 0 Å². The predicted octanol–water partition coefficient (Wildman–Crippen LogP) is 3.47. The highest BCUT2D eigenvalue weighted by molar-refractivity contribution is 5.32. The Morgan fingerprint density at radius 2 is 2.04 bits per heavy atom. The van der Waals surface area contributed by atoms with Crippen LogP contribution < -0.4 is 5.32 Å². The molecule has 0 amide bonds. The number of nitrogens with zero attached hydrogens (tertiary/aromatic N) is 2. The van der Waals surface area contributed by atoms with E-state index >= 15 is 0 Å². The Bertz CT molecular complexity index is 639. The van der Waals surface area contributed by atoms with Crippen LogP contribution in [0.2, 0.25) is 0 Å². The Balaban J connectivity index is 1.61. The summed E-state index contributed by atoms with van der Waals surface area (Å²) in [4.78, 5) is 2.51. The van der Waals surface area contributed by atoms with Crippen molar-refractivity contribution in [2.24, 2.45) is 0 Å². The zero-order valence-corrected chi connectivity index (χ0v) is 13.4. The van der Waals surface area contributed by atoms with Crippen molar-refractivity contribution in [1.29, 1.82) is 5.26 Å². The highest BCUT2D eigenvalue weighted by Gasteiger charge is 2.23. The molecule has 0 spiro atoms. The van der Waals surface area contributed by atoms with Crippen LogP contribution in [0.25, 0.3) is 0 Å². The smallest absolute Gasteiger partial charge is 0.122 e. The number of likely N-dealkylation sites (tertiary alicyclic amines) is 1. The van der Waals surface area contributed by atoms with Crippen molar-refractivity contribution in [1.82, 2.24) is 10.2 Å². The van der Waals surface area contributed by atoms with Crippen LogP contribution in [-0.4, -0.2) is 24.5 Å². The average molecular weight is 309 g/mol. The number of nitrogens with one attached hydrogen (secondary N) is 1. The number of nitriles is 1. The minimum absolute atomic E-state index is 0.282. The van der Waals surface area contributed by atoms with Gasteiger partial charge >= 0.3 is 0 Å². The lowest BCUT2D eigenvalue weighted by Gasteiger charge is -2.33. The molecule has 0 radical (unpaired) electrons. The minimum Gasteiger partial charge on any atom is -0.468 e. The lowest BCUT2D eigenvalue weighted by atomic mass is 10.1. The van der Waals surface area contributed by atoms with Gasteiger partial charge in [-0.15, -0.1) is 0 Å². The van der Waals surface area contributed by atoms with Gasteiger partial charge in [0.05, 0.1) is 23.9 Å². The van der Waals surface area contributed by atoms with Gasteiger partial charge in [0.25, 0.3) is 0 Å². The van der Waals surface area contributed by atoms with Crippen molar-refractivity contribution in [3.8, 4) is 6.07 Å². The van der Waals surface area contributed by atoms with Crippen molar-refractivity contribution in [3.63, 3.8) is 0 Å². The van der Waals surface area contributed by atoms with Gasteiger partial charge < -0.3 is 9.73 Å². The SMILES string of the molecule is N#Cc1cccc(CNC[C@H](c2ccco2)N2CCCCC2)c1. The van der Waals surface area contributed by atoms with Gasteiger partial charge in [-0.2, -0.15) is 5.26 Å². The zero-order valence-electron chi connectivity index (χ0n) is 13.4. The Morgan fingerprint density at radius 3 is 2.78 bits per heavy atom. The molecule has 0 aliphatic carbocycles. The summed E-state index contributed by atoms with van der Waals surface area (Å²) in [6.07, 6.45) is 5.61. The first kappa shape index (κ1) is 15.8. The van der Waals surface area contributed by atoms with E-state index in [0.717, 1.165) is 37.5 Å². The first-order valence-electron chi connectivity index (χ1n) is 8.34. The van der Waals surface area contributed by atoms with Crippen molar-refractivity contribution in [2.45, 2.75) is 31.8 Å². The fraction of sp³-hybridized carbons (Fsp3) is 0.421. The van der Waals surface area contributed by atoms with E-state index in [0.29, 0.717) is 5.56 Å². The van der Waals surface area contributed by atoms with Gasteiger partial charge in [-0.25, -0.2) is 0 Å². The molecule has 1 N–H and O–H groups in total. The number of rotatable bonds is 6. The van der Waals surface area contributed by atoms with Crippen LogP contribution in [0.4, 0.5) is 0 Å². The Morgan fingerprint density at radius 1 is 1.17 bits per heavy atom. The second kappa shape index (κ2) is 7.96. The van der Waals surface area contributed by atoms with Gasteiger partial charge in [0.1, 0.15) is 5.76 Å². The molecule has 1 atom stereocenters. The standard InChI is InChI=1S/C19H23N3O/c20-13-16-6-4-7-17(12-16)14-21-15-18(19-8-5-11-23-19)22-9-2-1-3-10-22/h4-8,11-12,18,21H,1-3,9-10,14-15H2/t18-/m1/s1. The second-order valence-electron chi connectivity index (χ2n) is 6.07. The maximum absolute atomic E-state index is 8.98. The number of piperidine rings is 1. The monoisotopic (exact) mass is 309 g/mol. The Labute approximate surface area is 137 Å². The summed E-state index contributed by atoms with van der Waals surface area (Å²) in [7, 11) is 0. The fourth-order valence-corrected chi connectivity index (χ4v) is 3.22. The van der Waals surface area contributed by atoms with E-state index < -0.39 is 0 Å². The highest BCUT2D eigenvalue weighted by atomic mass is 16.3. The molecule has 1 aromatic heterocycles. The molecule has 2 heterocycles. The second-order valence-corrected chi connectivity index (χ2v) is 6.07. The van der Waals surface area contributed by atoms with E-state index in [9.17, 15) is 0 Å². The van der Waals surface area contributed by atoms with Crippen molar-refractivity contribution in [2.75, 3.05) is 19.6 Å². The first-order chi connectivity index (χ1) is 11.4. The van der Waals surface area contributed by atoms with Crippen molar-refractivity contribution >= 4 is 0 Å². The molecular weight excluding hydrogens is 286 g/mol. The molecule has 4 heteroatoms. The number of furan rings is 1. The van der Waals surface area contributed by atoms with E-state index in [-0.39, 0.29) is 6.04 Å². The van der Waals surface area contributed by atoms with E-state index in [4.69, 9.17) is 9.68 Å². The summed E-state index contributed by atoms with van der Waals surface area (Å²) in [5.74, 6) is 1.03. The molecule has 0 unspecified atom stereocenters. The van der Waals surface area contributed by atoms with Crippen LogP contribution in [0.1, 0.15) is 42.2 Å². The zero-order chi connectivity index (χ0) is 15.9. The third-order valence-electron chi connectivity index (χ3n) is 4.43. The van der Waals surface area contributed by atoms with Crippen molar-refractivity contribution < 1.29 is 4.42 Å². The minimum atomic E-state index is 0.282. The molecule has 0 bridgehead atoms. The average Bonchev–Trinajstić information content (AvgIpc) is 3.14. The summed E-state index contributed by atoms with van der Waals surface area (Å²) in [5, 5.41) is 12.5. The molecule has 4 nitrogen and oxygen atoms in total. The van der Waals surface area contributed by atoms with E-state index in [1.54, 1.807) is 6.26 Å². The highest BCUT2D eigenvalue weighted by Crippen LogP contribution is 2.24.